The molecule has 7 nitrogen and oxygen atoms in total. The second-order valence-corrected chi connectivity index (χ2v) is 8.05. The summed E-state index contributed by atoms with van der Waals surface area (Å²) in [6.45, 7) is 1.95. The zero-order chi connectivity index (χ0) is 21.5. The van der Waals surface area contributed by atoms with Crippen molar-refractivity contribution in [1.29, 1.82) is 0 Å². The van der Waals surface area contributed by atoms with Crippen LogP contribution in [0.2, 0.25) is 5.02 Å². The number of hydrogen-bond donors (Lipinski definition) is 2. The summed E-state index contributed by atoms with van der Waals surface area (Å²) in [6.07, 6.45) is 0.747. The molecule has 2 N–H and O–H groups in total. The van der Waals surface area contributed by atoms with E-state index in [0.29, 0.717) is 34.5 Å². The van der Waals surface area contributed by atoms with Crippen LogP contribution in [-0.4, -0.2) is 32.3 Å². The van der Waals surface area contributed by atoms with Gasteiger partial charge in [0.1, 0.15) is 5.82 Å². The Bertz CT molecular complexity index is 1050. The van der Waals surface area contributed by atoms with E-state index in [-0.39, 0.29) is 17.6 Å². The monoisotopic (exact) mass is 443 g/mol. The standard InChI is InChI=1S/C21H22ClN5O2S/c1-14-6-3-4-9-17(14)24-19(28)11-10-18-25-26-21(27(18)2)30-13-20(29)23-16-8-5-7-15(22)12-16/h3-9,12H,10-11,13H2,1-2H3,(H,23,29)(H,24,28). The Kier molecular flexibility index (Phi) is 7.48. The molecule has 9 heteroatoms. The van der Waals surface area contributed by atoms with Gasteiger partial charge < -0.3 is 15.2 Å². The lowest BCUT2D eigenvalue weighted by molar-refractivity contribution is -0.116. The number of anilines is 2. The van der Waals surface area contributed by atoms with Crippen molar-refractivity contribution in [3.63, 3.8) is 0 Å². The molecule has 0 saturated carbocycles. The van der Waals surface area contributed by atoms with Gasteiger partial charge in [0.15, 0.2) is 5.16 Å². The van der Waals surface area contributed by atoms with Crippen molar-refractivity contribution >= 4 is 46.6 Å². The van der Waals surface area contributed by atoms with Crippen molar-refractivity contribution in [3.05, 3.63) is 64.9 Å². The normalized spacial score (nSPS) is 10.6. The van der Waals surface area contributed by atoms with Crippen LogP contribution in [0.3, 0.4) is 0 Å². The molecule has 0 aliphatic rings. The maximum absolute atomic E-state index is 12.2. The summed E-state index contributed by atoms with van der Waals surface area (Å²) in [5, 5.41) is 15.2. The Morgan fingerprint density at radius 3 is 2.63 bits per heavy atom. The summed E-state index contributed by atoms with van der Waals surface area (Å²) in [6, 6.07) is 14.6. The number of nitrogens with zero attached hydrogens (tertiary/aromatic N) is 3. The average Bonchev–Trinajstić information content (AvgIpc) is 3.06. The van der Waals surface area contributed by atoms with E-state index < -0.39 is 0 Å². The van der Waals surface area contributed by atoms with Crippen LogP contribution in [0.4, 0.5) is 11.4 Å². The quantitative estimate of drug-likeness (QED) is 0.512. The first-order valence-corrected chi connectivity index (χ1v) is 10.7. The predicted molar refractivity (Wildman–Crippen MR) is 120 cm³/mol. The highest BCUT2D eigenvalue weighted by atomic mass is 35.5. The largest absolute Gasteiger partial charge is 0.326 e. The van der Waals surface area contributed by atoms with E-state index in [1.807, 2.05) is 38.2 Å². The molecule has 0 saturated heterocycles. The molecule has 0 atom stereocenters. The number of carbonyl (C=O) groups excluding carboxylic acids is 2. The minimum absolute atomic E-state index is 0.0811. The number of halogens is 1. The number of aromatic nitrogens is 3. The van der Waals surface area contributed by atoms with Gasteiger partial charge in [0.25, 0.3) is 0 Å². The van der Waals surface area contributed by atoms with E-state index in [1.165, 1.54) is 11.8 Å². The molecule has 0 spiro atoms. The minimum atomic E-state index is -0.163. The second kappa shape index (κ2) is 10.3. The lowest BCUT2D eigenvalue weighted by Gasteiger charge is -2.08. The third kappa shape index (κ3) is 6.08. The van der Waals surface area contributed by atoms with Crippen molar-refractivity contribution in [2.75, 3.05) is 16.4 Å². The average molecular weight is 444 g/mol. The fourth-order valence-electron chi connectivity index (χ4n) is 2.73. The van der Waals surface area contributed by atoms with E-state index in [1.54, 1.807) is 28.8 Å². The smallest absolute Gasteiger partial charge is 0.234 e. The molecule has 3 aromatic rings. The summed E-state index contributed by atoms with van der Waals surface area (Å²) in [7, 11) is 1.83. The van der Waals surface area contributed by atoms with Crippen LogP contribution < -0.4 is 10.6 Å². The van der Waals surface area contributed by atoms with Crippen LogP contribution in [0, 0.1) is 6.92 Å². The maximum Gasteiger partial charge on any atom is 0.234 e. The van der Waals surface area contributed by atoms with Crippen molar-refractivity contribution < 1.29 is 9.59 Å². The van der Waals surface area contributed by atoms with Gasteiger partial charge in [0, 0.05) is 36.3 Å². The van der Waals surface area contributed by atoms with E-state index in [4.69, 9.17) is 11.6 Å². The van der Waals surface area contributed by atoms with Gasteiger partial charge in [-0.3, -0.25) is 9.59 Å². The predicted octanol–water partition coefficient (Wildman–Crippen LogP) is 4.08. The molecule has 0 bridgehead atoms. The number of carbonyl (C=O) groups is 2. The Balaban J connectivity index is 1.48. The first-order chi connectivity index (χ1) is 14.4. The van der Waals surface area contributed by atoms with E-state index in [0.717, 1.165) is 11.3 Å². The summed E-state index contributed by atoms with van der Waals surface area (Å²) in [5.74, 6) is 0.631. The zero-order valence-electron chi connectivity index (χ0n) is 16.7. The molecular formula is C21H22ClN5O2S. The van der Waals surface area contributed by atoms with Crippen molar-refractivity contribution in [2.45, 2.75) is 24.9 Å². The third-order valence-electron chi connectivity index (χ3n) is 4.36. The van der Waals surface area contributed by atoms with Crippen LogP contribution in [0.25, 0.3) is 0 Å². The van der Waals surface area contributed by atoms with Crippen molar-refractivity contribution in [2.24, 2.45) is 7.05 Å². The number of benzene rings is 2. The van der Waals surface area contributed by atoms with Gasteiger partial charge in [-0.25, -0.2) is 0 Å². The number of para-hydroxylation sites is 1. The van der Waals surface area contributed by atoms with Gasteiger partial charge in [0.05, 0.1) is 5.75 Å². The lowest BCUT2D eigenvalue weighted by atomic mass is 10.2. The number of hydrogen-bond acceptors (Lipinski definition) is 5. The number of rotatable bonds is 8. The Morgan fingerprint density at radius 1 is 1.07 bits per heavy atom. The minimum Gasteiger partial charge on any atom is -0.326 e. The van der Waals surface area contributed by atoms with E-state index in [2.05, 4.69) is 20.8 Å². The Morgan fingerprint density at radius 2 is 1.87 bits per heavy atom. The molecule has 3 rings (SSSR count). The van der Waals surface area contributed by atoms with Crippen molar-refractivity contribution in [3.8, 4) is 0 Å². The summed E-state index contributed by atoms with van der Waals surface area (Å²) in [5.41, 5.74) is 2.47. The summed E-state index contributed by atoms with van der Waals surface area (Å²) >= 11 is 7.21. The fraction of sp³-hybridized carbons (Fsp3) is 0.238. The van der Waals surface area contributed by atoms with E-state index >= 15 is 0 Å². The number of amides is 2. The molecule has 0 radical (unpaired) electrons. The second-order valence-electron chi connectivity index (χ2n) is 6.67. The highest BCUT2D eigenvalue weighted by Gasteiger charge is 2.13. The summed E-state index contributed by atoms with van der Waals surface area (Å²) in [4.78, 5) is 24.4. The Labute approximate surface area is 184 Å². The van der Waals surface area contributed by atoms with Crippen LogP contribution in [0.15, 0.2) is 53.7 Å². The molecule has 0 aliphatic carbocycles. The van der Waals surface area contributed by atoms with Crippen LogP contribution in [0.5, 0.6) is 0 Å². The van der Waals surface area contributed by atoms with Gasteiger partial charge in [0.2, 0.25) is 11.8 Å². The number of thioether (sulfide) groups is 1. The highest BCUT2D eigenvalue weighted by Crippen LogP contribution is 2.19. The van der Waals surface area contributed by atoms with Gasteiger partial charge in [-0.05, 0) is 36.8 Å². The maximum atomic E-state index is 12.2. The first-order valence-electron chi connectivity index (χ1n) is 9.34. The van der Waals surface area contributed by atoms with Crippen LogP contribution in [0.1, 0.15) is 17.8 Å². The molecule has 2 aromatic carbocycles. The molecule has 0 unspecified atom stereocenters. The van der Waals surface area contributed by atoms with Crippen molar-refractivity contribution in [1.82, 2.24) is 14.8 Å². The molecule has 2 amide bonds. The lowest BCUT2D eigenvalue weighted by Crippen LogP contribution is -2.15. The van der Waals surface area contributed by atoms with Crippen LogP contribution in [-0.2, 0) is 23.1 Å². The fourth-order valence-corrected chi connectivity index (χ4v) is 3.65. The first kappa shape index (κ1) is 21.9. The highest BCUT2D eigenvalue weighted by molar-refractivity contribution is 7.99. The number of nitrogens with one attached hydrogen (secondary N) is 2. The molecule has 30 heavy (non-hydrogen) atoms. The van der Waals surface area contributed by atoms with E-state index in [9.17, 15) is 9.59 Å². The Hall–Kier alpha value is -2.84. The molecule has 156 valence electrons. The number of aryl methyl sites for hydroxylation is 2. The molecule has 1 heterocycles. The summed E-state index contributed by atoms with van der Waals surface area (Å²) < 4.78 is 1.80. The SMILES string of the molecule is Cc1ccccc1NC(=O)CCc1nnc(SCC(=O)Nc2cccc(Cl)c2)n1C. The van der Waals surface area contributed by atoms with Gasteiger partial charge in [-0.1, -0.05) is 47.6 Å². The zero-order valence-corrected chi connectivity index (χ0v) is 18.3. The third-order valence-corrected chi connectivity index (χ3v) is 5.62. The topological polar surface area (TPSA) is 88.9 Å². The van der Waals surface area contributed by atoms with Gasteiger partial charge in [-0.2, -0.15) is 0 Å². The molecular weight excluding hydrogens is 422 g/mol. The van der Waals surface area contributed by atoms with Crippen LogP contribution >= 0.6 is 23.4 Å². The molecule has 0 fully saturated rings. The molecule has 1 aromatic heterocycles. The molecule has 0 aliphatic heterocycles. The van der Waals surface area contributed by atoms with Gasteiger partial charge in [-0.15, -0.1) is 10.2 Å². The van der Waals surface area contributed by atoms with Gasteiger partial charge >= 0.3 is 0 Å².